The Bertz CT molecular complexity index is 430. The lowest BCUT2D eigenvalue weighted by Gasteiger charge is -2.13. The molecule has 0 fully saturated rings. The monoisotopic (exact) mass is 223 g/mol. The molecule has 0 amide bonds. The molecular formula is C11H13NO4. The summed E-state index contributed by atoms with van der Waals surface area (Å²) in [5.41, 5.74) is 7.48. The molecule has 86 valence electrons. The van der Waals surface area contributed by atoms with E-state index in [1.807, 2.05) is 19.1 Å². The zero-order valence-corrected chi connectivity index (χ0v) is 8.90. The first-order valence-electron chi connectivity index (χ1n) is 4.95. The van der Waals surface area contributed by atoms with Crippen LogP contribution < -0.4 is 15.2 Å². The first-order valence-corrected chi connectivity index (χ1v) is 4.95. The topological polar surface area (TPSA) is 81.8 Å². The predicted molar refractivity (Wildman–Crippen MR) is 56.5 cm³/mol. The van der Waals surface area contributed by atoms with Crippen LogP contribution in [0.4, 0.5) is 0 Å². The molecule has 0 bridgehead atoms. The van der Waals surface area contributed by atoms with Gasteiger partial charge in [0.1, 0.15) is 0 Å². The summed E-state index contributed by atoms with van der Waals surface area (Å²) in [7, 11) is 0. The standard InChI is InChI=1S/C11H13NO4/c1-6-2-7(8(12)4-10(13)14)11-9(3-6)15-5-16-11/h2-3,8H,4-5,12H2,1H3,(H,13,14). The normalized spacial score (nSPS) is 14.9. The fraction of sp³-hybridized carbons (Fsp3) is 0.364. The number of carbonyl (C=O) groups is 1. The Labute approximate surface area is 92.8 Å². The van der Waals surface area contributed by atoms with E-state index in [9.17, 15) is 4.79 Å². The van der Waals surface area contributed by atoms with Gasteiger partial charge in [-0.15, -0.1) is 0 Å². The Hall–Kier alpha value is -1.75. The number of aryl methyl sites for hydroxylation is 1. The van der Waals surface area contributed by atoms with Crippen LogP contribution in [0.3, 0.4) is 0 Å². The van der Waals surface area contributed by atoms with Crippen LogP contribution in [0.2, 0.25) is 0 Å². The lowest BCUT2D eigenvalue weighted by atomic mass is 10.0. The second-order valence-electron chi connectivity index (χ2n) is 3.79. The number of rotatable bonds is 3. The molecule has 1 aromatic carbocycles. The van der Waals surface area contributed by atoms with Crippen LogP contribution in [0, 0.1) is 6.92 Å². The van der Waals surface area contributed by atoms with E-state index in [2.05, 4.69) is 0 Å². The van der Waals surface area contributed by atoms with Gasteiger partial charge < -0.3 is 20.3 Å². The molecule has 0 aliphatic carbocycles. The lowest BCUT2D eigenvalue weighted by Crippen LogP contribution is -2.15. The van der Waals surface area contributed by atoms with Crippen LogP contribution >= 0.6 is 0 Å². The van der Waals surface area contributed by atoms with Crippen molar-refractivity contribution in [1.82, 2.24) is 0 Å². The minimum absolute atomic E-state index is 0.126. The zero-order chi connectivity index (χ0) is 11.7. The Kier molecular flexibility index (Phi) is 2.70. The maximum atomic E-state index is 10.6. The summed E-state index contributed by atoms with van der Waals surface area (Å²) in [6.45, 7) is 2.06. The van der Waals surface area contributed by atoms with Gasteiger partial charge in [0.05, 0.1) is 6.42 Å². The molecule has 1 unspecified atom stereocenters. The SMILES string of the molecule is Cc1cc2c(c(C(N)CC(=O)O)c1)OCO2. The molecular weight excluding hydrogens is 210 g/mol. The minimum Gasteiger partial charge on any atom is -0.481 e. The Morgan fingerprint density at radius 3 is 3.00 bits per heavy atom. The van der Waals surface area contributed by atoms with Crippen LogP contribution in [0.5, 0.6) is 11.5 Å². The van der Waals surface area contributed by atoms with Crippen molar-refractivity contribution in [2.75, 3.05) is 6.79 Å². The van der Waals surface area contributed by atoms with Crippen LogP contribution in [0.1, 0.15) is 23.6 Å². The molecule has 0 saturated heterocycles. The number of fused-ring (bicyclic) bond motifs is 1. The number of hydrogen-bond acceptors (Lipinski definition) is 4. The first kappa shape index (κ1) is 10.8. The highest BCUT2D eigenvalue weighted by Crippen LogP contribution is 2.39. The first-order chi connectivity index (χ1) is 7.58. The van der Waals surface area contributed by atoms with Gasteiger partial charge in [-0.1, -0.05) is 6.07 Å². The molecule has 0 radical (unpaired) electrons. The molecule has 16 heavy (non-hydrogen) atoms. The van der Waals surface area contributed by atoms with Crippen molar-refractivity contribution in [2.45, 2.75) is 19.4 Å². The van der Waals surface area contributed by atoms with E-state index < -0.39 is 12.0 Å². The molecule has 1 atom stereocenters. The van der Waals surface area contributed by atoms with Gasteiger partial charge in [0, 0.05) is 11.6 Å². The zero-order valence-electron chi connectivity index (χ0n) is 8.90. The Balaban J connectivity index is 2.36. The Morgan fingerprint density at radius 2 is 2.31 bits per heavy atom. The third kappa shape index (κ3) is 1.94. The summed E-state index contributed by atoms with van der Waals surface area (Å²) in [4.78, 5) is 10.6. The van der Waals surface area contributed by atoms with E-state index in [1.54, 1.807) is 0 Å². The number of carboxylic acids is 1. The number of benzene rings is 1. The van der Waals surface area contributed by atoms with Crippen LogP contribution in [-0.4, -0.2) is 17.9 Å². The highest BCUT2D eigenvalue weighted by Gasteiger charge is 2.23. The molecule has 1 aliphatic heterocycles. The third-order valence-corrected chi connectivity index (χ3v) is 2.44. The van der Waals surface area contributed by atoms with Gasteiger partial charge in [-0.3, -0.25) is 4.79 Å². The summed E-state index contributed by atoms with van der Waals surface area (Å²) >= 11 is 0. The van der Waals surface area contributed by atoms with E-state index in [0.717, 1.165) is 5.56 Å². The molecule has 0 saturated carbocycles. The molecule has 0 spiro atoms. The van der Waals surface area contributed by atoms with E-state index in [0.29, 0.717) is 17.1 Å². The number of aliphatic carboxylic acids is 1. The number of nitrogens with two attached hydrogens (primary N) is 1. The molecule has 3 N–H and O–H groups in total. The van der Waals surface area contributed by atoms with E-state index in [4.69, 9.17) is 20.3 Å². The maximum absolute atomic E-state index is 10.6. The van der Waals surface area contributed by atoms with Gasteiger partial charge >= 0.3 is 5.97 Å². The van der Waals surface area contributed by atoms with Crippen molar-refractivity contribution < 1.29 is 19.4 Å². The number of hydrogen-bond donors (Lipinski definition) is 2. The average molecular weight is 223 g/mol. The van der Waals surface area contributed by atoms with Gasteiger partial charge in [-0.25, -0.2) is 0 Å². The van der Waals surface area contributed by atoms with Crippen molar-refractivity contribution in [2.24, 2.45) is 5.73 Å². The van der Waals surface area contributed by atoms with Crippen molar-refractivity contribution >= 4 is 5.97 Å². The van der Waals surface area contributed by atoms with Crippen molar-refractivity contribution in [3.8, 4) is 11.5 Å². The summed E-state index contributed by atoms with van der Waals surface area (Å²) in [5.74, 6) is 0.275. The molecule has 0 aromatic heterocycles. The fourth-order valence-corrected chi connectivity index (χ4v) is 1.75. The van der Waals surface area contributed by atoms with Crippen molar-refractivity contribution in [1.29, 1.82) is 0 Å². The largest absolute Gasteiger partial charge is 0.481 e. The van der Waals surface area contributed by atoms with Crippen LogP contribution in [0.25, 0.3) is 0 Å². The van der Waals surface area contributed by atoms with Crippen molar-refractivity contribution in [3.05, 3.63) is 23.3 Å². The predicted octanol–water partition coefficient (Wildman–Crippen LogP) is 1.20. The molecule has 2 rings (SSSR count). The summed E-state index contributed by atoms with van der Waals surface area (Å²) in [5, 5.41) is 8.71. The number of carboxylic acid groups (broad SMARTS) is 1. The molecule has 1 aromatic rings. The quantitative estimate of drug-likeness (QED) is 0.804. The summed E-state index contributed by atoms with van der Waals surface area (Å²) < 4.78 is 10.5. The maximum Gasteiger partial charge on any atom is 0.305 e. The highest BCUT2D eigenvalue weighted by molar-refractivity contribution is 5.68. The van der Waals surface area contributed by atoms with Crippen LogP contribution in [-0.2, 0) is 4.79 Å². The summed E-state index contributed by atoms with van der Waals surface area (Å²) in [6, 6.07) is 3.10. The second-order valence-corrected chi connectivity index (χ2v) is 3.79. The van der Waals surface area contributed by atoms with E-state index in [-0.39, 0.29) is 13.2 Å². The van der Waals surface area contributed by atoms with Gasteiger partial charge in [-0.05, 0) is 18.6 Å². The van der Waals surface area contributed by atoms with Crippen LogP contribution in [0.15, 0.2) is 12.1 Å². The fourth-order valence-electron chi connectivity index (χ4n) is 1.75. The summed E-state index contributed by atoms with van der Waals surface area (Å²) in [6.07, 6.45) is -0.126. The average Bonchev–Trinajstić information content (AvgIpc) is 2.62. The second kappa shape index (κ2) is 4.02. The van der Waals surface area contributed by atoms with E-state index in [1.165, 1.54) is 0 Å². The number of ether oxygens (including phenoxy) is 2. The lowest BCUT2D eigenvalue weighted by molar-refractivity contribution is -0.137. The molecule has 5 heteroatoms. The molecule has 1 aliphatic rings. The third-order valence-electron chi connectivity index (χ3n) is 2.44. The van der Waals surface area contributed by atoms with Gasteiger partial charge in [0.2, 0.25) is 6.79 Å². The van der Waals surface area contributed by atoms with E-state index >= 15 is 0 Å². The van der Waals surface area contributed by atoms with Gasteiger partial charge in [-0.2, -0.15) is 0 Å². The molecule has 1 heterocycles. The smallest absolute Gasteiger partial charge is 0.305 e. The Morgan fingerprint density at radius 1 is 1.56 bits per heavy atom. The van der Waals surface area contributed by atoms with Gasteiger partial charge in [0.25, 0.3) is 0 Å². The minimum atomic E-state index is -0.929. The van der Waals surface area contributed by atoms with Gasteiger partial charge in [0.15, 0.2) is 11.5 Å². The molecule has 5 nitrogen and oxygen atoms in total. The van der Waals surface area contributed by atoms with Crippen molar-refractivity contribution in [3.63, 3.8) is 0 Å². The highest BCUT2D eigenvalue weighted by atomic mass is 16.7.